The average molecular weight is 448 g/mol. The number of hydrogen-bond donors (Lipinski definition) is 0. The van der Waals surface area contributed by atoms with Crippen LogP contribution in [-0.2, 0) is 0 Å². The maximum atomic E-state index is 6.49. The Hall–Kier alpha value is -3.20. The van der Waals surface area contributed by atoms with Crippen LogP contribution in [0.4, 0.5) is 0 Å². The van der Waals surface area contributed by atoms with E-state index in [0.29, 0.717) is 15.0 Å². The molecule has 3 heterocycles. The van der Waals surface area contributed by atoms with Crippen molar-refractivity contribution in [3.63, 3.8) is 0 Å². The average Bonchev–Trinajstić information content (AvgIpc) is 3.23. The fourth-order valence-corrected chi connectivity index (χ4v) is 7.26. The van der Waals surface area contributed by atoms with E-state index in [0.717, 1.165) is 17.2 Å². The Balaban J connectivity index is 1.45. The quantitative estimate of drug-likeness (QED) is 0.352. The van der Waals surface area contributed by atoms with Crippen LogP contribution in [0.5, 0.6) is 11.5 Å². The number of para-hydroxylation sites is 1. The number of aromatic nitrogens is 1. The summed E-state index contributed by atoms with van der Waals surface area (Å²) in [5, 5.41) is 1.24. The number of benzene rings is 4. The zero-order chi connectivity index (χ0) is 19.7. The molecule has 0 fully saturated rings. The van der Waals surface area contributed by atoms with Gasteiger partial charge < -0.3 is 0 Å². The first-order chi connectivity index (χ1) is 14.9. The first kappa shape index (κ1) is 16.6. The van der Waals surface area contributed by atoms with Gasteiger partial charge in [0, 0.05) is 0 Å². The Morgan fingerprint density at radius 2 is 1.57 bits per heavy atom. The minimum absolute atomic E-state index is 0.252. The van der Waals surface area contributed by atoms with E-state index in [-0.39, 0.29) is 6.71 Å². The molecule has 0 spiro atoms. The van der Waals surface area contributed by atoms with E-state index in [4.69, 9.17) is 4.74 Å². The monoisotopic (exact) mass is 449 g/mol. The number of nitrogens with zero attached hydrogens (tertiary/aromatic N) is 1. The van der Waals surface area contributed by atoms with Crippen molar-refractivity contribution in [2.45, 2.75) is 0 Å². The summed E-state index contributed by atoms with van der Waals surface area (Å²) in [6.07, 6.45) is 2.14. The number of rotatable bonds is 1. The molecule has 0 N–H and O–H groups in total. The molecule has 4 heteroatoms. The Kier molecular flexibility index (Phi) is 3.40. The van der Waals surface area contributed by atoms with Crippen LogP contribution in [0, 0.1) is 0 Å². The van der Waals surface area contributed by atoms with Crippen molar-refractivity contribution >= 4 is 57.9 Å². The van der Waals surface area contributed by atoms with Gasteiger partial charge in [-0.05, 0) is 0 Å². The van der Waals surface area contributed by atoms with Gasteiger partial charge in [-0.15, -0.1) is 0 Å². The van der Waals surface area contributed by atoms with E-state index in [1.165, 1.54) is 36.2 Å². The van der Waals surface area contributed by atoms with Gasteiger partial charge in [-0.25, -0.2) is 0 Å². The Morgan fingerprint density at radius 3 is 2.57 bits per heavy atom. The van der Waals surface area contributed by atoms with Crippen LogP contribution in [0.25, 0.3) is 16.6 Å². The summed E-state index contributed by atoms with van der Waals surface area (Å²) in [7, 11) is 0. The summed E-state index contributed by atoms with van der Waals surface area (Å²) in [6.45, 7) is 0.252. The summed E-state index contributed by atoms with van der Waals surface area (Å²) in [5.74, 6) is 1.97. The Labute approximate surface area is 181 Å². The van der Waals surface area contributed by atoms with Crippen LogP contribution >= 0.6 is 0 Å². The Bertz CT molecular complexity index is 1470. The third-order valence-corrected chi connectivity index (χ3v) is 8.62. The second-order valence-corrected chi connectivity index (χ2v) is 10.1. The van der Waals surface area contributed by atoms with E-state index in [1.54, 1.807) is 0 Å². The van der Waals surface area contributed by atoms with Gasteiger partial charge >= 0.3 is 182 Å². The molecule has 0 saturated heterocycles. The molecule has 7 rings (SSSR count). The van der Waals surface area contributed by atoms with Crippen molar-refractivity contribution in [2.75, 3.05) is 0 Å². The Morgan fingerprint density at radius 1 is 0.700 bits per heavy atom. The summed E-state index contributed by atoms with van der Waals surface area (Å²) >= 11 is 0.323. The molecule has 2 nitrogen and oxygen atoms in total. The SMILES string of the molecule is c1ccc2c(c1)[Se]c1cccc3c1B2c1ccc(-n2ccc4ccccc42)cc1O3. The van der Waals surface area contributed by atoms with E-state index in [1.807, 2.05) is 0 Å². The number of ether oxygens (including phenoxy) is 1. The summed E-state index contributed by atoms with van der Waals surface area (Å²) in [5.41, 5.74) is 6.40. The molecule has 0 radical (unpaired) electrons. The van der Waals surface area contributed by atoms with Crippen LogP contribution < -0.4 is 30.0 Å². The fraction of sp³-hybridized carbons (Fsp3) is 0. The van der Waals surface area contributed by atoms with Crippen LogP contribution in [-0.4, -0.2) is 26.2 Å². The van der Waals surface area contributed by atoms with Gasteiger partial charge in [-0.3, -0.25) is 0 Å². The molecule has 0 saturated carbocycles. The first-order valence-electron chi connectivity index (χ1n) is 10.1. The normalized spacial score (nSPS) is 13.4. The van der Waals surface area contributed by atoms with Crippen LogP contribution in [0.2, 0.25) is 0 Å². The summed E-state index contributed by atoms with van der Waals surface area (Å²) < 4.78 is 11.6. The molecule has 0 aliphatic carbocycles. The topological polar surface area (TPSA) is 14.2 Å². The zero-order valence-electron chi connectivity index (χ0n) is 16.1. The standard InChI is InChI=1S/C26H16BNOSe/c1-3-8-21-17(6-1)14-15-28(21)18-12-13-19-23(16-18)29-22-9-5-11-25-26(22)27(19)20-7-2-4-10-24(20)30-25/h1-16H. The van der Waals surface area contributed by atoms with Crippen molar-refractivity contribution in [2.24, 2.45) is 0 Å². The molecule has 2 aliphatic rings. The van der Waals surface area contributed by atoms with Crippen molar-refractivity contribution in [1.29, 1.82) is 0 Å². The molecular weight excluding hydrogens is 432 g/mol. The van der Waals surface area contributed by atoms with Gasteiger partial charge in [0.05, 0.1) is 0 Å². The molecule has 0 unspecified atom stereocenters. The van der Waals surface area contributed by atoms with Crippen molar-refractivity contribution < 1.29 is 4.74 Å². The molecule has 2 aliphatic heterocycles. The van der Waals surface area contributed by atoms with Crippen LogP contribution in [0.1, 0.15) is 0 Å². The van der Waals surface area contributed by atoms with Crippen LogP contribution in [0.15, 0.2) is 97.2 Å². The number of fused-ring (bicyclic) bond motifs is 5. The third-order valence-electron chi connectivity index (χ3n) is 6.17. The maximum absolute atomic E-state index is 6.49. The molecule has 5 aromatic rings. The predicted octanol–water partition coefficient (Wildman–Crippen LogP) is 2.22. The van der Waals surface area contributed by atoms with Gasteiger partial charge in [0.1, 0.15) is 0 Å². The molecule has 0 amide bonds. The second-order valence-electron chi connectivity index (χ2n) is 7.81. The predicted molar refractivity (Wildman–Crippen MR) is 126 cm³/mol. The van der Waals surface area contributed by atoms with Gasteiger partial charge in [-0.2, -0.15) is 0 Å². The number of hydrogen-bond acceptors (Lipinski definition) is 1. The molecule has 0 atom stereocenters. The van der Waals surface area contributed by atoms with Gasteiger partial charge in [-0.1, -0.05) is 0 Å². The molecule has 1 aromatic heterocycles. The van der Waals surface area contributed by atoms with E-state index in [2.05, 4.69) is 102 Å². The molecular formula is C26H16BNOSe. The van der Waals surface area contributed by atoms with Crippen molar-refractivity contribution in [3.05, 3.63) is 97.2 Å². The molecule has 30 heavy (non-hydrogen) atoms. The van der Waals surface area contributed by atoms with E-state index in [9.17, 15) is 0 Å². The second kappa shape index (κ2) is 6.15. The van der Waals surface area contributed by atoms with Gasteiger partial charge in [0.15, 0.2) is 0 Å². The fourth-order valence-electron chi connectivity index (χ4n) is 4.82. The van der Waals surface area contributed by atoms with Gasteiger partial charge in [0.25, 0.3) is 0 Å². The van der Waals surface area contributed by atoms with Crippen LogP contribution in [0.3, 0.4) is 0 Å². The molecule has 4 aromatic carbocycles. The van der Waals surface area contributed by atoms with Gasteiger partial charge in [0.2, 0.25) is 0 Å². The summed E-state index contributed by atoms with van der Waals surface area (Å²) in [4.78, 5) is 0. The molecule has 140 valence electrons. The third kappa shape index (κ3) is 2.26. The molecule has 0 bridgehead atoms. The zero-order valence-corrected chi connectivity index (χ0v) is 17.8. The van der Waals surface area contributed by atoms with E-state index >= 15 is 0 Å². The first-order valence-corrected chi connectivity index (χ1v) is 11.9. The van der Waals surface area contributed by atoms with Crippen molar-refractivity contribution in [3.8, 4) is 17.2 Å². The van der Waals surface area contributed by atoms with Crippen molar-refractivity contribution in [1.82, 2.24) is 4.57 Å². The van der Waals surface area contributed by atoms with E-state index < -0.39 is 0 Å². The summed E-state index contributed by atoms with van der Waals surface area (Å²) in [6, 6.07) is 32.8. The minimum atomic E-state index is 0.252.